The van der Waals surface area contributed by atoms with E-state index in [0.717, 1.165) is 24.3 Å². The number of Topliss-reactive ketones (excluding diaryl/α,β-unsaturated/α-hetero) is 1. The summed E-state index contributed by atoms with van der Waals surface area (Å²) in [5.74, 6) is -2.76. The molecular weight excluding hydrogens is 293 g/mol. The number of hydrogen-bond acceptors (Lipinski definition) is 2. The number of hydrogen-bond donors (Lipinski definition) is 0. The van der Waals surface area contributed by atoms with Crippen molar-refractivity contribution < 1.29 is 22.7 Å². The molecule has 2 aromatic rings. The van der Waals surface area contributed by atoms with E-state index in [1.54, 1.807) is 0 Å². The average Bonchev–Trinajstić information content (AvgIpc) is 2.42. The summed E-state index contributed by atoms with van der Waals surface area (Å²) in [7, 11) is 0. The Kier molecular flexibility index (Phi) is 4.29. The quantitative estimate of drug-likeness (QED) is 0.797. The van der Waals surface area contributed by atoms with Crippen molar-refractivity contribution in [1.82, 2.24) is 0 Å². The van der Waals surface area contributed by atoms with Crippen LogP contribution in [0.3, 0.4) is 0 Å². The van der Waals surface area contributed by atoms with E-state index in [4.69, 9.17) is 16.3 Å². The number of ketones is 1. The number of ether oxygens (including phenoxy) is 1. The SMILES string of the molecule is O=C(COc1ccc(F)c(Cl)c1)c1cc(F)ccc1F. The normalized spacial score (nSPS) is 10.4. The molecule has 0 aliphatic rings. The van der Waals surface area contributed by atoms with E-state index in [1.807, 2.05) is 0 Å². The Morgan fingerprint density at radius 2 is 1.75 bits per heavy atom. The molecule has 0 heterocycles. The van der Waals surface area contributed by atoms with Crippen molar-refractivity contribution >= 4 is 17.4 Å². The number of benzene rings is 2. The molecule has 2 nitrogen and oxygen atoms in total. The molecule has 0 aliphatic heterocycles. The molecule has 0 aromatic heterocycles. The maximum absolute atomic E-state index is 13.3. The Balaban J connectivity index is 2.08. The zero-order valence-corrected chi connectivity index (χ0v) is 10.8. The Labute approximate surface area is 117 Å². The van der Waals surface area contributed by atoms with Crippen molar-refractivity contribution in [2.24, 2.45) is 0 Å². The molecule has 0 saturated heterocycles. The summed E-state index contributed by atoms with van der Waals surface area (Å²) >= 11 is 5.54. The van der Waals surface area contributed by atoms with E-state index in [0.29, 0.717) is 0 Å². The molecule has 2 aromatic carbocycles. The summed E-state index contributed by atoms with van der Waals surface area (Å²) in [6.45, 7) is -0.512. The number of rotatable bonds is 4. The van der Waals surface area contributed by atoms with Crippen molar-refractivity contribution in [2.45, 2.75) is 0 Å². The van der Waals surface area contributed by atoms with Crippen LogP contribution in [0, 0.1) is 17.5 Å². The minimum absolute atomic E-state index is 0.154. The summed E-state index contributed by atoms with van der Waals surface area (Å²) in [6.07, 6.45) is 0. The second-order valence-electron chi connectivity index (χ2n) is 3.91. The van der Waals surface area contributed by atoms with Crippen molar-refractivity contribution in [3.05, 3.63) is 64.4 Å². The third kappa shape index (κ3) is 3.30. The molecule has 0 aliphatic carbocycles. The van der Waals surface area contributed by atoms with Crippen molar-refractivity contribution in [2.75, 3.05) is 6.61 Å². The molecule has 2 rings (SSSR count). The van der Waals surface area contributed by atoms with Crippen LogP contribution in [0.4, 0.5) is 13.2 Å². The minimum atomic E-state index is -0.836. The molecule has 0 atom stereocenters. The third-order valence-corrected chi connectivity index (χ3v) is 2.78. The lowest BCUT2D eigenvalue weighted by Crippen LogP contribution is -2.13. The Morgan fingerprint density at radius 1 is 1.05 bits per heavy atom. The predicted octanol–water partition coefficient (Wildman–Crippen LogP) is 4.02. The molecule has 0 radical (unpaired) electrons. The zero-order valence-electron chi connectivity index (χ0n) is 10.00. The van der Waals surface area contributed by atoms with E-state index in [9.17, 15) is 18.0 Å². The average molecular weight is 301 g/mol. The zero-order chi connectivity index (χ0) is 14.7. The van der Waals surface area contributed by atoms with Crippen LogP contribution >= 0.6 is 11.6 Å². The first-order valence-corrected chi connectivity index (χ1v) is 5.91. The second-order valence-corrected chi connectivity index (χ2v) is 4.32. The van der Waals surface area contributed by atoms with Crippen LogP contribution in [0.2, 0.25) is 5.02 Å². The fourth-order valence-corrected chi connectivity index (χ4v) is 1.67. The van der Waals surface area contributed by atoms with E-state index in [-0.39, 0.29) is 10.8 Å². The van der Waals surface area contributed by atoms with E-state index >= 15 is 0 Å². The molecule has 0 saturated carbocycles. The van der Waals surface area contributed by atoms with Gasteiger partial charge in [-0.3, -0.25) is 4.79 Å². The molecule has 6 heteroatoms. The maximum Gasteiger partial charge on any atom is 0.203 e. The topological polar surface area (TPSA) is 26.3 Å². The van der Waals surface area contributed by atoms with Gasteiger partial charge in [0.1, 0.15) is 23.2 Å². The molecule has 0 amide bonds. The van der Waals surface area contributed by atoms with Crippen molar-refractivity contribution in [1.29, 1.82) is 0 Å². The van der Waals surface area contributed by atoms with E-state index in [1.165, 1.54) is 12.1 Å². The second kappa shape index (κ2) is 5.96. The monoisotopic (exact) mass is 300 g/mol. The van der Waals surface area contributed by atoms with Gasteiger partial charge in [-0.25, -0.2) is 13.2 Å². The first kappa shape index (κ1) is 14.4. The molecule has 0 unspecified atom stereocenters. The number of carbonyl (C=O) groups is 1. The first-order valence-electron chi connectivity index (χ1n) is 5.53. The van der Waals surface area contributed by atoms with Gasteiger partial charge < -0.3 is 4.74 Å². The summed E-state index contributed by atoms with van der Waals surface area (Å²) in [6, 6.07) is 6.09. The van der Waals surface area contributed by atoms with Crippen LogP contribution < -0.4 is 4.74 Å². The smallest absolute Gasteiger partial charge is 0.203 e. The van der Waals surface area contributed by atoms with Crippen LogP contribution in [0.5, 0.6) is 5.75 Å². The van der Waals surface area contributed by atoms with Gasteiger partial charge in [-0.15, -0.1) is 0 Å². The Morgan fingerprint density at radius 3 is 2.45 bits per heavy atom. The molecule has 104 valence electrons. The van der Waals surface area contributed by atoms with Gasteiger partial charge in [-0.2, -0.15) is 0 Å². The predicted molar refractivity (Wildman–Crippen MR) is 67.6 cm³/mol. The summed E-state index contributed by atoms with van der Waals surface area (Å²) in [5.41, 5.74) is -0.404. The van der Waals surface area contributed by atoms with Crippen molar-refractivity contribution in [3.8, 4) is 5.75 Å². The molecule has 0 fully saturated rings. The third-order valence-electron chi connectivity index (χ3n) is 2.49. The molecule has 0 N–H and O–H groups in total. The Bertz CT molecular complexity index is 659. The lowest BCUT2D eigenvalue weighted by Gasteiger charge is -2.07. The van der Waals surface area contributed by atoms with Crippen LogP contribution in [-0.2, 0) is 0 Å². The first-order chi connectivity index (χ1) is 9.47. The summed E-state index contributed by atoms with van der Waals surface area (Å²) < 4.78 is 44.3. The van der Waals surface area contributed by atoms with Gasteiger partial charge in [0.25, 0.3) is 0 Å². The highest BCUT2D eigenvalue weighted by Gasteiger charge is 2.14. The lowest BCUT2D eigenvalue weighted by molar-refractivity contribution is 0.0917. The molecular formula is C14H8ClF3O2. The molecule has 0 spiro atoms. The van der Waals surface area contributed by atoms with Crippen LogP contribution in [0.1, 0.15) is 10.4 Å². The van der Waals surface area contributed by atoms with Crippen molar-refractivity contribution in [3.63, 3.8) is 0 Å². The Hall–Kier alpha value is -2.01. The number of carbonyl (C=O) groups excluding carboxylic acids is 1. The highest BCUT2D eigenvalue weighted by atomic mass is 35.5. The largest absolute Gasteiger partial charge is 0.485 e. The summed E-state index contributed by atoms with van der Waals surface area (Å²) in [4.78, 5) is 11.7. The highest BCUT2D eigenvalue weighted by molar-refractivity contribution is 6.30. The van der Waals surface area contributed by atoms with Crippen LogP contribution in [-0.4, -0.2) is 12.4 Å². The van der Waals surface area contributed by atoms with E-state index < -0.39 is 35.4 Å². The van der Waals surface area contributed by atoms with Gasteiger partial charge >= 0.3 is 0 Å². The van der Waals surface area contributed by atoms with Gasteiger partial charge in [-0.05, 0) is 30.3 Å². The lowest BCUT2D eigenvalue weighted by atomic mass is 10.1. The van der Waals surface area contributed by atoms with Gasteiger partial charge in [0, 0.05) is 6.07 Å². The minimum Gasteiger partial charge on any atom is -0.485 e. The number of halogens is 4. The molecule has 20 heavy (non-hydrogen) atoms. The van der Waals surface area contributed by atoms with E-state index in [2.05, 4.69) is 0 Å². The summed E-state index contributed by atoms with van der Waals surface area (Å²) in [5, 5.41) is -0.160. The standard InChI is InChI=1S/C14H8ClF3O2/c15-11-6-9(2-4-13(11)18)20-7-14(19)10-5-8(16)1-3-12(10)17/h1-6H,7H2. The van der Waals surface area contributed by atoms with Gasteiger partial charge in [-0.1, -0.05) is 11.6 Å². The van der Waals surface area contributed by atoms with Gasteiger partial charge in [0.05, 0.1) is 10.6 Å². The van der Waals surface area contributed by atoms with Crippen LogP contribution in [0.25, 0.3) is 0 Å². The van der Waals surface area contributed by atoms with Gasteiger partial charge in [0.15, 0.2) is 6.61 Å². The fraction of sp³-hybridized carbons (Fsp3) is 0.0714. The molecule has 0 bridgehead atoms. The highest BCUT2D eigenvalue weighted by Crippen LogP contribution is 2.21. The fourth-order valence-electron chi connectivity index (χ4n) is 1.50. The van der Waals surface area contributed by atoms with Gasteiger partial charge in [0.2, 0.25) is 5.78 Å². The van der Waals surface area contributed by atoms with Crippen LogP contribution in [0.15, 0.2) is 36.4 Å². The maximum atomic E-state index is 13.3.